The predicted octanol–water partition coefficient (Wildman–Crippen LogP) is 3.82. The van der Waals surface area contributed by atoms with E-state index in [1.165, 1.54) is 6.33 Å². The maximum Gasteiger partial charge on any atom is 0.338 e. The summed E-state index contributed by atoms with van der Waals surface area (Å²) in [4.78, 5) is 31.9. The van der Waals surface area contributed by atoms with Crippen LogP contribution in [0.3, 0.4) is 0 Å². The van der Waals surface area contributed by atoms with E-state index in [4.69, 9.17) is 16.3 Å². The Kier molecular flexibility index (Phi) is 6.23. The molecule has 1 aliphatic rings. The molecule has 0 saturated heterocycles. The molecule has 2 aromatic carbocycles. The maximum absolute atomic E-state index is 13.0. The Morgan fingerprint density at radius 2 is 1.94 bits per heavy atom. The van der Waals surface area contributed by atoms with Gasteiger partial charge in [0.2, 0.25) is 11.9 Å². The number of anilines is 2. The van der Waals surface area contributed by atoms with E-state index in [1.807, 2.05) is 30.3 Å². The molecule has 0 radical (unpaired) electrons. The highest BCUT2D eigenvalue weighted by Crippen LogP contribution is 2.38. The molecule has 1 atom stereocenters. The molecule has 1 amide bonds. The lowest BCUT2D eigenvalue weighted by Crippen LogP contribution is -2.40. The Morgan fingerprint density at radius 1 is 1.16 bits per heavy atom. The number of amides is 1. The van der Waals surface area contributed by atoms with Crippen molar-refractivity contribution in [1.29, 1.82) is 0 Å². The molecule has 0 saturated carbocycles. The zero-order valence-electron chi connectivity index (χ0n) is 17.7. The summed E-state index contributed by atoms with van der Waals surface area (Å²) in [5.41, 5.74) is 2.44. The monoisotopic (exact) mass is 451 g/mol. The molecule has 1 N–H and O–H groups in total. The first-order valence-electron chi connectivity index (χ1n) is 10.1. The Labute approximate surface area is 190 Å². The number of fused-ring (bicyclic) bond motifs is 1. The number of carbonyl (C=O) groups excluding carboxylic acids is 2. The number of ether oxygens (including phenoxy) is 1. The van der Waals surface area contributed by atoms with Crippen LogP contribution in [0.5, 0.6) is 0 Å². The highest BCUT2D eigenvalue weighted by atomic mass is 35.5. The Hall–Kier alpha value is -3.65. The number of hydrogen-bond acceptors (Lipinski definition) is 6. The first-order valence-corrected chi connectivity index (χ1v) is 10.5. The van der Waals surface area contributed by atoms with Gasteiger partial charge >= 0.3 is 5.97 Å². The summed E-state index contributed by atoms with van der Waals surface area (Å²) >= 11 is 6.01. The van der Waals surface area contributed by atoms with Gasteiger partial charge in [0.05, 0.1) is 12.2 Å². The Morgan fingerprint density at radius 3 is 2.66 bits per heavy atom. The van der Waals surface area contributed by atoms with Gasteiger partial charge in [-0.05, 0) is 37.6 Å². The van der Waals surface area contributed by atoms with Gasteiger partial charge in [-0.15, -0.1) is 0 Å². The average molecular weight is 452 g/mol. The highest BCUT2D eigenvalue weighted by molar-refractivity contribution is 6.30. The fourth-order valence-electron chi connectivity index (χ4n) is 3.75. The first kappa shape index (κ1) is 21.6. The average Bonchev–Trinajstić information content (AvgIpc) is 3.25. The van der Waals surface area contributed by atoms with E-state index in [-0.39, 0.29) is 19.1 Å². The van der Waals surface area contributed by atoms with E-state index in [0.717, 1.165) is 5.56 Å². The number of benzene rings is 2. The van der Waals surface area contributed by atoms with Gasteiger partial charge in [-0.2, -0.15) is 10.1 Å². The molecule has 0 spiro atoms. The molecule has 4 rings (SSSR count). The summed E-state index contributed by atoms with van der Waals surface area (Å²) in [6.45, 7) is 3.70. The summed E-state index contributed by atoms with van der Waals surface area (Å²) < 4.78 is 7.00. The number of allylic oxidation sites excluding steroid dienone is 1. The van der Waals surface area contributed by atoms with Crippen LogP contribution in [0.4, 0.5) is 11.6 Å². The normalized spacial score (nSPS) is 15.3. The van der Waals surface area contributed by atoms with Crippen molar-refractivity contribution in [3.05, 3.63) is 82.8 Å². The summed E-state index contributed by atoms with van der Waals surface area (Å²) in [6, 6.07) is 15.9. The van der Waals surface area contributed by atoms with Crippen LogP contribution < -0.4 is 10.2 Å². The molecular formula is C23H22ClN5O3. The Balaban J connectivity index is 1.72. The number of esters is 1. The van der Waals surface area contributed by atoms with Crippen molar-refractivity contribution in [1.82, 2.24) is 14.8 Å². The molecule has 1 aliphatic heterocycles. The third kappa shape index (κ3) is 4.22. The second-order valence-electron chi connectivity index (χ2n) is 7.18. The maximum atomic E-state index is 13.0. The van der Waals surface area contributed by atoms with E-state index >= 15 is 0 Å². The molecule has 3 aromatic rings. The van der Waals surface area contributed by atoms with E-state index < -0.39 is 12.0 Å². The fraction of sp³-hybridized carbons (Fsp3) is 0.217. The van der Waals surface area contributed by atoms with Crippen LogP contribution in [0.15, 0.2) is 72.2 Å². The van der Waals surface area contributed by atoms with Crippen molar-refractivity contribution in [2.75, 3.05) is 23.4 Å². The van der Waals surface area contributed by atoms with Crippen molar-refractivity contribution in [3.63, 3.8) is 0 Å². The van der Waals surface area contributed by atoms with Gasteiger partial charge in [0.25, 0.3) is 0 Å². The van der Waals surface area contributed by atoms with Crippen LogP contribution in [-0.4, -0.2) is 39.8 Å². The zero-order chi connectivity index (χ0) is 22.7. The van der Waals surface area contributed by atoms with Gasteiger partial charge in [0, 0.05) is 16.4 Å². The first-order chi connectivity index (χ1) is 15.5. The SMILES string of the molecule is CCOC(=O)C1=C(C)N(CC(=O)Nc2cccc(Cl)c2)c2ncnn2[C@H]1c1ccccc1. The number of halogens is 1. The minimum absolute atomic E-state index is 0.0680. The number of carbonyl (C=O) groups is 2. The van der Waals surface area contributed by atoms with Crippen molar-refractivity contribution in [2.45, 2.75) is 19.9 Å². The van der Waals surface area contributed by atoms with Crippen molar-refractivity contribution in [3.8, 4) is 0 Å². The smallest absolute Gasteiger partial charge is 0.338 e. The van der Waals surface area contributed by atoms with E-state index in [2.05, 4.69) is 15.4 Å². The van der Waals surface area contributed by atoms with Crippen molar-refractivity contribution < 1.29 is 14.3 Å². The molecule has 2 heterocycles. The summed E-state index contributed by atoms with van der Waals surface area (Å²) in [5.74, 6) is -0.284. The van der Waals surface area contributed by atoms with Gasteiger partial charge in [-0.3, -0.25) is 4.79 Å². The molecule has 32 heavy (non-hydrogen) atoms. The third-order valence-corrected chi connectivity index (χ3v) is 5.36. The predicted molar refractivity (Wildman–Crippen MR) is 121 cm³/mol. The molecule has 8 nitrogen and oxygen atoms in total. The van der Waals surface area contributed by atoms with Crippen LogP contribution in [0.25, 0.3) is 0 Å². The third-order valence-electron chi connectivity index (χ3n) is 5.13. The largest absolute Gasteiger partial charge is 0.463 e. The summed E-state index contributed by atoms with van der Waals surface area (Å²) in [5, 5.41) is 7.71. The standard InChI is InChI=1S/C23H22ClN5O3/c1-3-32-22(31)20-15(2)28(13-19(30)27-18-11-7-10-17(24)12-18)23-25-14-26-29(23)21(20)16-8-5-4-6-9-16/h4-12,14,21H,3,13H2,1-2H3,(H,27,30)/t21-/m0/s1. The molecule has 0 bridgehead atoms. The number of hydrogen-bond donors (Lipinski definition) is 1. The molecule has 0 unspecified atom stereocenters. The topological polar surface area (TPSA) is 89.3 Å². The molecule has 164 valence electrons. The van der Waals surface area contributed by atoms with Crippen LogP contribution >= 0.6 is 11.6 Å². The zero-order valence-corrected chi connectivity index (χ0v) is 18.4. The highest BCUT2D eigenvalue weighted by Gasteiger charge is 2.38. The lowest BCUT2D eigenvalue weighted by atomic mass is 9.95. The number of rotatable bonds is 6. The second-order valence-corrected chi connectivity index (χ2v) is 7.62. The Bertz CT molecular complexity index is 1180. The molecule has 0 fully saturated rings. The molecule has 1 aromatic heterocycles. The van der Waals surface area contributed by atoms with Crippen molar-refractivity contribution >= 4 is 35.1 Å². The summed E-state index contributed by atoms with van der Waals surface area (Å²) in [7, 11) is 0. The minimum Gasteiger partial charge on any atom is -0.463 e. The van der Waals surface area contributed by atoms with E-state index in [1.54, 1.807) is 47.7 Å². The van der Waals surface area contributed by atoms with Crippen LogP contribution in [0.1, 0.15) is 25.5 Å². The van der Waals surface area contributed by atoms with Gasteiger partial charge < -0.3 is 15.0 Å². The molecule has 9 heteroatoms. The van der Waals surface area contributed by atoms with Gasteiger partial charge in [-0.25, -0.2) is 9.48 Å². The van der Waals surface area contributed by atoms with Crippen LogP contribution in [-0.2, 0) is 14.3 Å². The number of aromatic nitrogens is 3. The van der Waals surface area contributed by atoms with Crippen LogP contribution in [0, 0.1) is 0 Å². The molecule has 0 aliphatic carbocycles. The van der Waals surface area contributed by atoms with E-state index in [0.29, 0.717) is 27.9 Å². The number of nitrogens with one attached hydrogen (secondary N) is 1. The van der Waals surface area contributed by atoms with Crippen LogP contribution in [0.2, 0.25) is 5.02 Å². The molecular weight excluding hydrogens is 430 g/mol. The minimum atomic E-state index is -0.514. The van der Waals surface area contributed by atoms with Crippen molar-refractivity contribution in [2.24, 2.45) is 0 Å². The number of nitrogens with zero attached hydrogens (tertiary/aromatic N) is 4. The second kappa shape index (κ2) is 9.23. The fourth-order valence-corrected chi connectivity index (χ4v) is 3.94. The quantitative estimate of drug-likeness (QED) is 0.573. The lowest BCUT2D eigenvalue weighted by molar-refractivity contribution is -0.139. The van der Waals surface area contributed by atoms with Gasteiger partial charge in [0.1, 0.15) is 18.9 Å². The summed E-state index contributed by atoms with van der Waals surface area (Å²) in [6.07, 6.45) is 1.41. The van der Waals surface area contributed by atoms with Gasteiger partial charge in [-0.1, -0.05) is 48.0 Å². The van der Waals surface area contributed by atoms with E-state index in [9.17, 15) is 9.59 Å². The van der Waals surface area contributed by atoms with Gasteiger partial charge in [0.15, 0.2) is 0 Å². The lowest BCUT2D eigenvalue weighted by Gasteiger charge is -2.35.